The molecule has 1 aromatic rings. The number of nitrogens with two attached hydrogens (primary N) is 1. The fourth-order valence-corrected chi connectivity index (χ4v) is 1.82. The van der Waals surface area contributed by atoms with Gasteiger partial charge in [0, 0.05) is 22.9 Å². The van der Waals surface area contributed by atoms with Gasteiger partial charge in [0.05, 0.1) is 4.92 Å². The standard InChI is InChI=1S/C8H12N2O2S/c1-8(2,5-9)6-3-4-7(13-6)10(11)12/h3-4H,5,9H2,1-2H3. The molecule has 0 aliphatic carbocycles. The molecule has 0 unspecified atom stereocenters. The molecule has 0 amide bonds. The van der Waals surface area contributed by atoms with Crippen LogP contribution in [0.3, 0.4) is 0 Å². The Morgan fingerprint density at radius 1 is 1.62 bits per heavy atom. The second-order valence-corrected chi connectivity index (χ2v) is 4.55. The average molecular weight is 200 g/mol. The molecule has 0 aliphatic rings. The van der Waals surface area contributed by atoms with E-state index in [0.717, 1.165) is 4.88 Å². The van der Waals surface area contributed by atoms with Crippen LogP contribution in [-0.4, -0.2) is 11.5 Å². The lowest BCUT2D eigenvalue weighted by Crippen LogP contribution is -2.26. The quantitative estimate of drug-likeness (QED) is 0.598. The van der Waals surface area contributed by atoms with Gasteiger partial charge in [-0.2, -0.15) is 0 Å². The summed E-state index contributed by atoms with van der Waals surface area (Å²) < 4.78 is 0. The minimum Gasteiger partial charge on any atom is -0.330 e. The predicted octanol–water partition coefficient (Wildman–Crippen LogP) is 1.89. The molecule has 0 saturated carbocycles. The molecule has 0 aromatic carbocycles. The summed E-state index contributed by atoms with van der Waals surface area (Å²) in [5, 5.41) is 10.6. The Morgan fingerprint density at radius 3 is 2.62 bits per heavy atom. The topological polar surface area (TPSA) is 69.2 Å². The molecule has 0 saturated heterocycles. The molecule has 5 heteroatoms. The zero-order valence-corrected chi connectivity index (χ0v) is 8.43. The van der Waals surface area contributed by atoms with E-state index < -0.39 is 0 Å². The van der Waals surface area contributed by atoms with Crippen LogP contribution in [0.2, 0.25) is 0 Å². The molecular formula is C8H12N2O2S. The summed E-state index contributed by atoms with van der Waals surface area (Å²) in [6.07, 6.45) is 0. The van der Waals surface area contributed by atoms with E-state index in [4.69, 9.17) is 5.73 Å². The summed E-state index contributed by atoms with van der Waals surface area (Å²) in [6.45, 7) is 4.44. The third-order valence-corrected chi connectivity index (χ3v) is 3.35. The Bertz CT molecular complexity index is 320. The van der Waals surface area contributed by atoms with E-state index in [1.54, 1.807) is 6.07 Å². The second-order valence-electron chi connectivity index (χ2n) is 3.48. The summed E-state index contributed by atoms with van der Waals surface area (Å²) in [4.78, 5) is 11.0. The van der Waals surface area contributed by atoms with Gasteiger partial charge in [0.1, 0.15) is 0 Å². The maximum absolute atomic E-state index is 10.4. The normalized spacial score (nSPS) is 11.6. The molecule has 72 valence electrons. The molecule has 0 spiro atoms. The van der Waals surface area contributed by atoms with Gasteiger partial charge in [-0.05, 0) is 6.07 Å². The van der Waals surface area contributed by atoms with Crippen LogP contribution in [0, 0.1) is 10.1 Å². The molecule has 0 atom stereocenters. The van der Waals surface area contributed by atoms with Gasteiger partial charge < -0.3 is 5.73 Å². The summed E-state index contributed by atoms with van der Waals surface area (Å²) in [7, 11) is 0. The first kappa shape index (κ1) is 10.1. The highest BCUT2D eigenvalue weighted by Gasteiger charge is 2.23. The van der Waals surface area contributed by atoms with Crippen LogP contribution < -0.4 is 5.73 Å². The van der Waals surface area contributed by atoms with Crippen LogP contribution >= 0.6 is 11.3 Å². The Labute approximate surface area is 80.5 Å². The molecule has 1 rings (SSSR count). The van der Waals surface area contributed by atoms with Crippen LogP contribution in [0.4, 0.5) is 5.00 Å². The Balaban J connectivity index is 2.98. The molecule has 0 bridgehead atoms. The molecule has 13 heavy (non-hydrogen) atoms. The first-order valence-corrected chi connectivity index (χ1v) is 4.74. The van der Waals surface area contributed by atoms with Gasteiger partial charge in [0.25, 0.3) is 0 Å². The first-order valence-electron chi connectivity index (χ1n) is 3.92. The predicted molar refractivity (Wildman–Crippen MR) is 53.1 cm³/mol. The summed E-state index contributed by atoms with van der Waals surface area (Å²) >= 11 is 1.19. The molecule has 0 aliphatic heterocycles. The van der Waals surface area contributed by atoms with E-state index in [9.17, 15) is 10.1 Å². The van der Waals surface area contributed by atoms with Crippen LogP contribution in [-0.2, 0) is 5.41 Å². The molecular weight excluding hydrogens is 188 g/mol. The van der Waals surface area contributed by atoms with Crippen molar-refractivity contribution >= 4 is 16.3 Å². The highest BCUT2D eigenvalue weighted by molar-refractivity contribution is 7.15. The van der Waals surface area contributed by atoms with Crippen LogP contribution in [0.1, 0.15) is 18.7 Å². The molecule has 0 fully saturated rings. The average Bonchev–Trinajstić information content (AvgIpc) is 2.52. The van der Waals surface area contributed by atoms with E-state index >= 15 is 0 Å². The van der Waals surface area contributed by atoms with E-state index in [1.165, 1.54) is 17.4 Å². The molecule has 2 N–H and O–H groups in total. The van der Waals surface area contributed by atoms with Gasteiger partial charge in [0.2, 0.25) is 0 Å². The van der Waals surface area contributed by atoms with Crippen molar-refractivity contribution in [2.45, 2.75) is 19.3 Å². The van der Waals surface area contributed by atoms with Crippen LogP contribution in [0.25, 0.3) is 0 Å². The zero-order chi connectivity index (χ0) is 10.1. The SMILES string of the molecule is CC(C)(CN)c1ccc([N+](=O)[O-])s1. The number of nitrogens with zero attached hydrogens (tertiary/aromatic N) is 1. The Morgan fingerprint density at radius 2 is 2.23 bits per heavy atom. The number of rotatable bonds is 3. The fraction of sp³-hybridized carbons (Fsp3) is 0.500. The summed E-state index contributed by atoms with van der Waals surface area (Å²) in [6, 6.07) is 3.30. The van der Waals surface area contributed by atoms with Crippen molar-refractivity contribution in [2.75, 3.05) is 6.54 Å². The lowest BCUT2D eigenvalue weighted by Gasteiger charge is -2.19. The van der Waals surface area contributed by atoms with Crippen molar-refractivity contribution in [1.29, 1.82) is 0 Å². The van der Waals surface area contributed by atoms with Crippen molar-refractivity contribution in [3.63, 3.8) is 0 Å². The smallest absolute Gasteiger partial charge is 0.324 e. The minimum atomic E-state index is -0.374. The molecule has 4 nitrogen and oxygen atoms in total. The van der Waals surface area contributed by atoms with Gasteiger partial charge in [-0.1, -0.05) is 25.2 Å². The maximum Gasteiger partial charge on any atom is 0.324 e. The van der Waals surface area contributed by atoms with Gasteiger partial charge in [-0.25, -0.2) is 0 Å². The number of thiophene rings is 1. The van der Waals surface area contributed by atoms with Gasteiger partial charge in [0.15, 0.2) is 0 Å². The van der Waals surface area contributed by atoms with Crippen LogP contribution in [0.5, 0.6) is 0 Å². The van der Waals surface area contributed by atoms with Crippen LogP contribution in [0.15, 0.2) is 12.1 Å². The lowest BCUT2D eigenvalue weighted by molar-refractivity contribution is -0.380. The van der Waals surface area contributed by atoms with Crippen molar-refractivity contribution < 1.29 is 4.92 Å². The third kappa shape index (κ3) is 2.05. The monoisotopic (exact) mass is 200 g/mol. The van der Waals surface area contributed by atoms with Gasteiger partial charge >= 0.3 is 5.00 Å². The molecule has 1 aromatic heterocycles. The van der Waals surface area contributed by atoms with E-state index in [0.29, 0.717) is 6.54 Å². The largest absolute Gasteiger partial charge is 0.330 e. The highest BCUT2D eigenvalue weighted by Crippen LogP contribution is 2.32. The Kier molecular flexibility index (Phi) is 2.68. The molecule has 0 radical (unpaired) electrons. The Hall–Kier alpha value is -0.940. The van der Waals surface area contributed by atoms with Crippen molar-refractivity contribution in [3.05, 3.63) is 27.1 Å². The fourth-order valence-electron chi connectivity index (χ4n) is 0.890. The minimum absolute atomic E-state index is 0.168. The second kappa shape index (κ2) is 3.43. The lowest BCUT2D eigenvalue weighted by atomic mass is 9.92. The zero-order valence-electron chi connectivity index (χ0n) is 7.61. The van der Waals surface area contributed by atoms with Gasteiger partial charge in [-0.15, -0.1) is 0 Å². The highest BCUT2D eigenvalue weighted by atomic mass is 32.1. The third-order valence-electron chi connectivity index (χ3n) is 1.95. The number of nitro groups is 1. The van der Waals surface area contributed by atoms with E-state index in [1.807, 2.05) is 13.8 Å². The maximum atomic E-state index is 10.4. The van der Waals surface area contributed by atoms with Crippen molar-refractivity contribution in [1.82, 2.24) is 0 Å². The van der Waals surface area contributed by atoms with E-state index in [-0.39, 0.29) is 15.3 Å². The summed E-state index contributed by atoms with van der Waals surface area (Å²) in [5.74, 6) is 0. The molecule has 1 heterocycles. The van der Waals surface area contributed by atoms with Gasteiger partial charge in [-0.3, -0.25) is 10.1 Å². The summed E-state index contributed by atoms with van der Waals surface area (Å²) in [5.41, 5.74) is 5.39. The van der Waals surface area contributed by atoms with E-state index in [2.05, 4.69) is 0 Å². The van der Waals surface area contributed by atoms with Crippen molar-refractivity contribution in [3.8, 4) is 0 Å². The number of hydrogen-bond acceptors (Lipinski definition) is 4. The first-order chi connectivity index (χ1) is 5.97. The number of hydrogen-bond donors (Lipinski definition) is 1. The van der Waals surface area contributed by atoms with Crippen molar-refractivity contribution in [2.24, 2.45) is 5.73 Å².